The van der Waals surface area contributed by atoms with E-state index in [0.717, 1.165) is 12.8 Å². The number of amides is 1. The van der Waals surface area contributed by atoms with Crippen LogP contribution in [0, 0.1) is 10.1 Å². The number of likely N-dealkylation sites (tertiary alicyclic amines) is 1. The molecule has 0 spiro atoms. The van der Waals surface area contributed by atoms with Gasteiger partial charge in [-0.3, -0.25) is 4.79 Å². The molecule has 0 saturated carbocycles. The zero-order valence-electron chi connectivity index (χ0n) is 10.4. The summed E-state index contributed by atoms with van der Waals surface area (Å²) in [6.45, 7) is 1.40. The second kappa shape index (κ2) is 5.79. The lowest BCUT2D eigenvalue weighted by atomic mass is 10.1. The fourth-order valence-electron chi connectivity index (χ4n) is 2.13. The van der Waals surface area contributed by atoms with Gasteiger partial charge in [0.05, 0.1) is 6.10 Å². The van der Waals surface area contributed by atoms with Crippen LogP contribution >= 0.6 is 0 Å². The third-order valence-electron chi connectivity index (χ3n) is 3.14. The van der Waals surface area contributed by atoms with Crippen molar-refractivity contribution >= 4 is 11.7 Å². The van der Waals surface area contributed by atoms with Crippen LogP contribution in [0.1, 0.15) is 19.3 Å². The molecule has 2 rings (SSSR count). The topological polar surface area (TPSA) is 102 Å². The van der Waals surface area contributed by atoms with E-state index < -0.39 is 11.0 Å². The summed E-state index contributed by atoms with van der Waals surface area (Å²) in [5.41, 5.74) is 0. The zero-order valence-corrected chi connectivity index (χ0v) is 10.4. The molecule has 1 saturated heterocycles. The van der Waals surface area contributed by atoms with Crippen molar-refractivity contribution in [3.8, 4) is 0 Å². The van der Waals surface area contributed by atoms with Crippen molar-refractivity contribution in [3.63, 3.8) is 0 Å². The van der Waals surface area contributed by atoms with Crippen molar-refractivity contribution in [1.82, 2.24) is 14.5 Å². The Morgan fingerprint density at radius 1 is 1.63 bits per heavy atom. The van der Waals surface area contributed by atoms with Gasteiger partial charge in [-0.25, -0.2) is 0 Å². The average molecular weight is 268 g/mol. The fourth-order valence-corrected chi connectivity index (χ4v) is 2.13. The van der Waals surface area contributed by atoms with Crippen molar-refractivity contribution in [1.29, 1.82) is 0 Å². The fraction of sp³-hybridized carbons (Fsp3) is 0.636. The molecule has 1 aromatic heterocycles. The third-order valence-corrected chi connectivity index (χ3v) is 3.14. The maximum Gasteiger partial charge on any atom is 0.381 e. The van der Waals surface area contributed by atoms with Gasteiger partial charge in [0.1, 0.15) is 6.20 Å². The highest BCUT2D eigenvalue weighted by Crippen LogP contribution is 2.12. The molecule has 104 valence electrons. The van der Waals surface area contributed by atoms with Crippen molar-refractivity contribution in [2.75, 3.05) is 13.1 Å². The summed E-state index contributed by atoms with van der Waals surface area (Å²) in [6.07, 6.45) is 4.00. The van der Waals surface area contributed by atoms with Gasteiger partial charge in [0.15, 0.2) is 0 Å². The van der Waals surface area contributed by atoms with Gasteiger partial charge >= 0.3 is 5.82 Å². The highest BCUT2D eigenvalue weighted by molar-refractivity contribution is 5.76. The number of aryl methyl sites for hydroxylation is 1. The molecule has 19 heavy (non-hydrogen) atoms. The summed E-state index contributed by atoms with van der Waals surface area (Å²) in [5.74, 6) is -0.268. The number of hydrogen-bond acceptors (Lipinski definition) is 5. The van der Waals surface area contributed by atoms with Gasteiger partial charge in [0.2, 0.25) is 12.2 Å². The highest BCUT2D eigenvalue weighted by atomic mass is 16.6. The molecular formula is C11H16N4O4. The lowest BCUT2D eigenvalue weighted by molar-refractivity contribution is -0.389. The zero-order chi connectivity index (χ0) is 13.8. The summed E-state index contributed by atoms with van der Waals surface area (Å²) in [5, 5.41) is 20.0. The second-order valence-corrected chi connectivity index (χ2v) is 4.61. The number of β-amino-alcohol motifs (C(OH)–C–C–N with tert-alkyl or cyclic N) is 1. The minimum atomic E-state index is -0.570. The Balaban J connectivity index is 1.84. The summed E-state index contributed by atoms with van der Waals surface area (Å²) in [6, 6.07) is 0. The molecule has 8 heteroatoms. The molecule has 0 aromatic carbocycles. The first-order valence-corrected chi connectivity index (χ1v) is 6.18. The van der Waals surface area contributed by atoms with Gasteiger partial charge in [-0.05, 0) is 22.7 Å². The van der Waals surface area contributed by atoms with Gasteiger partial charge in [0, 0.05) is 26.1 Å². The molecule has 1 unspecified atom stereocenters. The molecule has 1 amide bonds. The van der Waals surface area contributed by atoms with Crippen molar-refractivity contribution in [2.45, 2.75) is 31.9 Å². The minimum Gasteiger partial charge on any atom is -0.391 e. The molecule has 0 radical (unpaired) electrons. The Hall–Kier alpha value is -1.96. The first-order valence-electron chi connectivity index (χ1n) is 6.18. The van der Waals surface area contributed by atoms with Crippen LogP contribution in [0.15, 0.2) is 12.5 Å². The van der Waals surface area contributed by atoms with E-state index in [9.17, 15) is 20.0 Å². The van der Waals surface area contributed by atoms with Crippen molar-refractivity contribution in [2.24, 2.45) is 0 Å². The Bertz CT molecular complexity index is 473. The number of aliphatic hydroxyl groups is 1. The van der Waals surface area contributed by atoms with Crippen LogP contribution in [-0.2, 0) is 11.3 Å². The van der Waals surface area contributed by atoms with Gasteiger partial charge in [-0.2, -0.15) is 0 Å². The number of nitrogens with zero attached hydrogens (tertiary/aromatic N) is 4. The van der Waals surface area contributed by atoms with E-state index in [0.29, 0.717) is 19.6 Å². The van der Waals surface area contributed by atoms with E-state index in [1.807, 2.05) is 0 Å². The molecule has 1 aromatic rings. The molecule has 1 N–H and O–H groups in total. The van der Waals surface area contributed by atoms with Gasteiger partial charge < -0.3 is 24.7 Å². The lowest BCUT2D eigenvalue weighted by Crippen LogP contribution is -2.42. The molecule has 1 aliphatic rings. The first kappa shape index (κ1) is 13.5. The summed E-state index contributed by atoms with van der Waals surface area (Å²) >= 11 is 0. The van der Waals surface area contributed by atoms with Gasteiger partial charge in [-0.15, -0.1) is 0 Å². The molecule has 1 aliphatic heterocycles. The number of nitro groups is 1. The van der Waals surface area contributed by atoms with E-state index in [-0.39, 0.29) is 18.1 Å². The van der Waals surface area contributed by atoms with Crippen LogP contribution in [0.4, 0.5) is 5.82 Å². The van der Waals surface area contributed by atoms with E-state index >= 15 is 0 Å². The normalized spacial score (nSPS) is 19.4. The summed E-state index contributed by atoms with van der Waals surface area (Å²) in [4.78, 5) is 27.1. The number of aromatic nitrogens is 2. The quantitative estimate of drug-likeness (QED) is 0.619. The Kier molecular flexibility index (Phi) is 4.10. The van der Waals surface area contributed by atoms with Crippen molar-refractivity contribution in [3.05, 3.63) is 22.6 Å². The molecule has 0 aliphatic carbocycles. The monoisotopic (exact) mass is 268 g/mol. The highest BCUT2D eigenvalue weighted by Gasteiger charge is 2.21. The number of hydrogen-bond donors (Lipinski definition) is 1. The average Bonchev–Trinajstić information content (AvgIpc) is 2.85. The van der Waals surface area contributed by atoms with E-state index in [2.05, 4.69) is 4.98 Å². The first-order chi connectivity index (χ1) is 9.06. The van der Waals surface area contributed by atoms with Crippen LogP contribution in [0.2, 0.25) is 0 Å². The second-order valence-electron chi connectivity index (χ2n) is 4.61. The number of rotatable bonds is 4. The predicted molar refractivity (Wildman–Crippen MR) is 65.3 cm³/mol. The molecule has 8 nitrogen and oxygen atoms in total. The van der Waals surface area contributed by atoms with E-state index in [4.69, 9.17) is 0 Å². The molecular weight excluding hydrogens is 252 g/mol. The molecule has 0 bridgehead atoms. The van der Waals surface area contributed by atoms with Gasteiger partial charge in [-0.1, -0.05) is 0 Å². The smallest absolute Gasteiger partial charge is 0.381 e. The standard InChI is InChI=1S/C11H16N4O4/c16-9-2-1-4-14(6-9)11(17)3-5-13-7-10(12-8-13)15(18)19/h7-9,16H,1-6H2. The van der Waals surface area contributed by atoms with E-state index in [1.54, 1.807) is 4.90 Å². The van der Waals surface area contributed by atoms with Crippen LogP contribution in [0.3, 0.4) is 0 Å². The number of carbonyl (C=O) groups excluding carboxylic acids is 1. The SMILES string of the molecule is O=C(CCn1cnc([N+](=O)[O-])c1)N1CCCC(O)C1. The predicted octanol–water partition coefficient (Wildman–Crippen LogP) is 0.165. The largest absolute Gasteiger partial charge is 0.391 e. The van der Waals surface area contributed by atoms with Gasteiger partial charge in [0.25, 0.3) is 0 Å². The van der Waals surface area contributed by atoms with Crippen LogP contribution in [-0.4, -0.2) is 49.6 Å². The van der Waals surface area contributed by atoms with Crippen LogP contribution in [0.5, 0.6) is 0 Å². The van der Waals surface area contributed by atoms with Crippen LogP contribution < -0.4 is 0 Å². The number of carbonyl (C=O) groups is 1. The van der Waals surface area contributed by atoms with E-state index in [1.165, 1.54) is 17.1 Å². The Labute approximate surface area is 109 Å². The summed E-state index contributed by atoms with van der Waals surface area (Å²) < 4.78 is 1.52. The molecule has 2 heterocycles. The minimum absolute atomic E-state index is 0.0462. The third kappa shape index (κ3) is 3.50. The van der Waals surface area contributed by atoms with Crippen molar-refractivity contribution < 1.29 is 14.8 Å². The summed E-state index contributed by atoms with van der Waals surface area (Å²) in [7, 11) is 0. The van der Waals surface area contributed by atoms with Crippen LogP contribution in [0.25, 0.3) is 0 Å². The Morgan fingerprint density at radius 3 is 3.05 bits per heavy atom. The number of piperidine rings is 1. The lowest BCUT2D eigenvalue weighted by Gasteiger charge is -2.30. The maximum absolute atomic E-state index is 11.9. The number of imidazole rings is 1. The molecule has 1 fully saturated rings. The Morgan fingerprint density at radius 2 is 2.42 bits per heavy atom. The number of aliphatic hydroxyl groups excluding tert-OH is 1. The maximum atomic E-state index is 11.9. The molecule has 1 atom stereocenters.